The molecule has 0 saturated carbocycles. The molecule has 0 bridgehead atoms. The summed E-state index contributed by atoms with van der Waals surface area (Å²) in [6, 6.07) is 4.92. The Balaban J connectivity index is 1.54. The predicted molar refractivity (Wildman–Crippen MR) is 93.4 cm³/mol. The number of piperazine rings is 1. The molecule has 1 aromatic rings. The number of hydrogen-bond donors (Lipinski definition) is 0. The fourth-order valence-electron chi connectivity index (χ4n) is 3.85. The fraction of sp³-hybridized carbons (Fsp3) is 0.632. The number of halogens is 1. The van der Waals surface area contributed by atoms with Crippen molar-refractivity contribution in [1.82, 2.24) is 14.7 Å². The molecule has 0 N–H and O–H groups in total. The molecule has 2 aliphatic rings. The molecule has 1 aromatic carbocycles. The van der Waals surface area contributed by atoms with Crippen LogP contribution in [0.4, 0.5) is 4.39 Å². The zero-order chi connectivity index (χ0) is 17.1. The molecule has 5 heteroatoms. The van der Waals surface area contributed by atoms with Crippen molar-refractivity contribution in [2.45, 2.75) is 32.7 Å². The van der Waals surface area contributed by atoms with Crippen molar-refractivity contribution in [2.24, 2.45) is 0 Å². The molecule has 1 amide bonds. The van der Waals surface area contributed by atoms with Crippen LogP contribution in [-0.4, -0.2) is 66.4 Å². The van der Waals surface area contributed by atoms with Crippen molar-refractivity contribution < 1.29 is 9.18 Å². The lowest BCUT2D eigenvalue weighted by molar-refractivity contribution is -0.134. The lowest BCUT2D eigenvalue weighted by Gasteiger charge is -2.37. The fourth-order valence-corrected chi connectivity index (χ4v) is 3.85. The van der Waals surface area contributed by atoms with Crippen molar-refractivity contribution in [1.29, 1.82) is 0 Å². The van der Waals surface area contributed by atoms with Gasteiger partial charge in [-0.1, -0.05) is 13.0 Å². The molecule has 1 fully saturated rings. The highest BCUT2D eigenvalue weighted by atomic mass is 19.1. The molecule has 3 rings (SSSR count). The second-order valence-electron chi connectivity index (χ2n) is 6.88. The minimum Gasteiger partial charge on any atom is -0.336 e. The Bertz CT molecular complexity index is 584. The molecule has 0 radical (unpaired) electrons. The first-order valence-electron chi connectivity index (χ1n) is 9.11. The summed E-state index contributed by atoms with van der Waals surface area (Å²) in [6.45, 7) is 11.2. The summed E-state index contributed by atoms with van der Waals surface area (Å²) in [5.74, 6) is -0.0287. The molecular formula is C19H28FN3O. The van der Waals surface area contributed by atoms with E-state index in [1.807, 2.05) is 17.9 Å². The van der Waals surface area contributed by atoms with Crippen LogP contribution in [0.3, 0.4) is 0 Å². The van der Waals surface area contributed by atoms with Gasteiger partial charge in [0.15, 0.2) is 0 Å². The first-order chi connectivity index (χ1) is 11.6. The maximum atomic E-state index is 13.5. The maximum absolute atomic E-state index is 13.5. The van der Waals surface area contributed by atoms with Crippen LogP contribution in [0, 0.1) is 5.82 Å². The molecule has 2 heterocycles. The predicted octanol–water partition coefficient (Wildman–Crippen LogP) is 2.30. The van der Waals surface area contributed by atoms with Gasteiger partial charge < -0.3 is 14.7 Å². The lowest BCUT2D eigenvalue weighted by Crippen LogP contribution is -2.47. The van der Waals surface area contributed by atoms with E-state index in [1.54, 1.807) is 6.07 Å². The molecule has 132 valence electrons. The van der Waals surface area contributed by atoms with E-state index in [-0.39, 0.29) is 17.8 Å². The maximum Gasteiger partial charge on any atom is 0.224 e. The summed E-state index contributed by atoms with van der Waals surface area (Å²) in [7, 11) is 0. The third-order valence-electron chi connectivity index (χ3n) is 5.52. The van der Waals surface area contributed by atoms with Crippen molar-refractivity contribution in [2.75, 3.05) is 45.8 Å². The number of nitrogens with zero attached hydrogens (tertiary/aromatic N) is 3. The zero-order valence-electron chi connectivity index (χ0n) is 14.8. The number of carbonyl (C=O) groups excluding carboxylic acids is 1. The second kappa shape index (κ2) is 7.62. The van der Waals surface area contributed by atoms with E-state index < -0.39 is 0 Å². The highest BCUT2D eigenvalue weighted by Crippen LogP contribution is 2.30. The van der Waals surface area contributed by atoms with Crippen molar-refractivity contribution in [3.05, 3.63) is 35.1 Å². The third-order valence-corrected chi connectivity index (χ3v) is 5.52. The summed E-state index contributed by atoms with van der Waals surface area (Å²) < 4.78 is 13.5. The molecule has 4 nitrogen and oxygen atoms in total. The summed E-state index contributed by atoms with van der Waals surface area (Å²) in [4.78, 5) is 19.4. The number of benzene rings is 1. The van der Waals surface area contributed by atoms with Crippen LogP contribution in [0.25, 0.3) is 0 Å². The Hall–Kier alpha value is -1.46. The van der Waals surface area contributed by atoms with Gasteiger partial charge in [-0.25, -0.2) is 4.39 Å². The zero-order valence-corrected chi connectivity index (χ0v) is 14.8. The Labute approximate surface area is 144 Å². The number of rotatable bonds is 4. The van der Waals surface area contributed by atoms with Crippen LogP contribution in [0.15, 0.2) is 18.2 Å². The van der Waals surface area contributed by atoms with E-state index in [0.29, 0.717) is 6.42 Å². The van der Waals surface area contributed by atoms with E-state index in [4.69, 9.17) is 0 Å². The summed E-state index contributed by atoms with van der Waals surface area (Å²) in [5.41, 5.74) is 2.13. The van der Waals surface area contributed by atoms with Gasteiger partial charge in [-0.2, -0.15) is 0 Å². The van der Waals surface area contributed by atoms with Crippen molar-refractivity contribution in [3.63, 3.8) is 0 Å². The lowest BCUT2D eigenvalue weighted by atomic mass is 9.93. The molecule has 24 heavy (non-hydrogen) atoms. The number of likely N-dealkylation sites (N-methyl/N-ethyl adjacent to an activating group) is 1. The van der Waals surface area contributed by atoms with Crippen LogP contribution in [-0.2, 0) is 11.2 Å². The first-order valence-corrected chi connectivity index (χ1v) is 9.11. The van der Waals surface area contributed by atoms with Gasteiger partial charge in [0.2, 0.25) is 5.91 Å². The quantitative estimate of drug-likeness (QED) is 0.846. The van der Waals surface area contributed by atoms with Gasteiger partial charge in [-0.15, -0.1) is 0 Å². The summed E-state index contributed by atoms with van der Waals surface area (Å²) in [5, 5.41) is 0. The monoisotopic (exact) mass is 333 g/mol. The average Bonchev–Trinajstić information content (AvgIpc) is 2.61. The van der Waals surface area contributed by atoms with E-state index in [0.717, 1.165) is 57.8 Å². The Morgan fingerprint density at radius 3 is 2.58 bits per heavy atom. The van der Waals surface area contributed by atoms with Gasteiger partial charge >= 0.3 is 0 Å². The standard InChI is InChI=1S/C19H28FN3O/c1-3-21-10-12-22(13-11-21)8-7-19(24)23-9-6-16-4-5-17(20)14-18(16)15(23)2/h4-5,14-15H,3,6-13H2,1-2H3/t15-/m0/s1. The number of hydrogen-bond acceptors (Lipinski definition) is 3. The second-order valence-corrected chi connectivity index (χ2v) is 6.88. The molecule has 0 spiro atoms. The topological polar surface area (TPSA) is 26.8 Å². The van der Waals surface area contributed by atoms with Gasteiger partial charge in [0.1, 0.15) is 5.82 Å². The van der Waals surface area contributed by atoms with Crippen molar-refractivity contribution >= 4 is 5.91 Å². The smallest absolute Gasteiger partial charge is 0.224 e. The molecule has 0 aliphatic carbocycles. The van der Waals surface area contributed by atoms with Gasteiger partial charge in [0.25, 0.3) is 0 Å². The van der Waals surface area contributed by atoms with Crippen molar-refractivity contribution in [3.8, 4) is 0 Å². The Morgan fingerprint density at radius 1 is 1.17 bits per heavy atom. The largest absolute Gasteiger partial charge is 0.336 e. The molecule has 1 atom stereocenters. The van der Waals surface area contributed by atoms with Gasteiger partial charge in [0, 0.05) is 45.7 Å². The number of fused-ring (bicyclic) bond motifs is 1. The molecular weight excluding hydrogens is 305 g/mol. The Morgan fingerprint density at radius 2 is 1.88 bits per heavy atom. The van der Waals surface area contributed by atoms with Crippen LogP contribution < -0.4 is 0 Å². The number of amides is 1. The van der Waals surface area contributed by atoms with Gasteiger partial charge in [0.05, 0.1) is 6.04 Å². The molecule has 2 aliphatic heterocycles. The highest BCUT2D eigenvalue weighted by Gasteiger charge is 2.28. The summed E-state index contributed by atoms with van der Waals surface area (Å²) >= 11 is 0. The van der Waals surface area contributed by atoms with Gasteiger partial charge in [-0.05, 0) is 43.1 Å². The molecule has 0 aromatic heterocycles. The SMILES string of the molecule is CCN1CCN(CCC(=O)N2CCc3ccc(F)cc3[C@@H]2C)CC1. The average molecular weight is 333 g/mol. The molecule has 1 saturated heterocycles. The van der Waals surface area contributed by atoms with Crippen LogP contribution in [0.1, 0.15) is 37.4 Å². The minimum absolute atomic E-state index is 0.0334. The van der Waals surface area contributed by atoms with Crippen LogP contribution >= 0.6 is 0 Å². The van der Waals surface area contributed by atoms with E-state index in [1.165, 1.54) is 11.6 Å². The minimum atomic E-state index is -0.219. The van der Waals surface area contributed by atoms with E-state index >= 15 is 0 Å². The van der Waals surface area contributed by atoms with Crippen LogP contribution in [0.2, 0.25) is 0 Å². The van der Waals surface area contributed by atoms with E-state index in [2.05, 4.69) is 16.7 Å². The number of carbonyl (C=O) groups is 1. The molecule has 0 unspecified atom stereocenters. The third kappa shape index (κ3) is 3.78. The Kier molecular flexibility index (Phi) is 5.51. The van der Waals surface area contributed by atoms with E-state index in [9.17, 15) is 9.18 Å². The van der Waals surface area contributed by atoms with Crippen LogP contribution in [0.5, 0.6) is 0 Å². The summed E-state index contributed by atoms with van der Waals surface area (Å²) in [6.07, 6.45) is 1.38. The highest BCUT2D eigenvalue weighted by molar-refractivity contribution is 5.77. The van der Waals surface area contributed by atoms with Gasteiger partial charge in [-0.3, -0.25) is 4.79 Å². The normalized spacial score (nSPS) is 22.5. The first kappa shape index (κ1) is 17.4.